The summed E-state index contributed by atoms with van der Waals surface area (Å²) in [6.07, 6.45) is 3.17. The Kier molecular flexibility index (Phi) is 6.43. The van der Waals surface area contributed by atoms with Gasteiger partial charge in [0.25, 0.3) is 0 Å². The summed E-state index contributed by atoms with van der Waals surface area (Å²) in [5.41, 5.74) is 0.388. The fourth-order valence-electron chi connectivity index (χ4n) is 3.85. The van der Waals surface area contributed by atoms with Crippen LogP contribution in [-0.2, 0) is 4.74 Å². The normalized spacial score (nSPS) is 16.0. The van der Waals surface area contributed by atoms with E-state index in [0.29, 0.717) is 32.0 Å². The monoisotopic (exact) mass is 452 g/mol. The first-order chi connectivity index (χ1) is 15.3. The number of nitrogens with zero attached hydrogens (tertiary/aromatic N) is 4. The zero-order chi connectivity index (χ0) is 22.7. The number of benzene rings is 1. The Balaban J connectivity index is 1.57. The van der Waals surface area contributed by atoms with Crippen LogP contribution in [0.3, 0.4) is 0 Å². The summed E-state index contributed by atoms with van der Waals surface area (Å²) in [6.45, 7) is 7.74. The molecule has 0 saturated carbocycles. The van der Waals surface area contributed by atoms with E-state index in [-0.39, 0.29) is 11.9 Å². The van der Waals surface area contributed by atoms with Gasteiger partial charge in [-0.3, -0.25) is 14.3 Å². The van der Waals surface area contributed by atoms with Crippen molar-refractivity contribution in [3.63, 3.8) is 0 Å². The molecule has 1 atom stereocenters. The summed E-state index contributed by atoms with van der Waals surface area (Å²) in [6, 6.07) is 13.2. The second-order valence-electron chi connectivity index (χ2n) is 8.75. The van der Waals surface area contributed by atoms with Crippen molar-refractivity contribution >= 4 is 23.2 Å². The molecule has 1 aromatic carbocycles. The second kappa shape index (κ2) is 9.26. The van der Waals surface area contributed by atoms with E-state index in [4.69, 9.17) is 4.74 Å². The van der Waals surface area contributed by atoms with Crippen molar-refractivity contribution in [2.75, 3.05) is 26.2 Å². The van der Waals surface area contributed by atoms with Crippen LogP contribution in [0.2, 0.25) is 0 Å². The third-order valence-electron chi connectivity index (χ3n) is 5.30. The Hall–Kier alpha value is -2.97. The molecule has 8 heteroatoms. The summed E-state index contributed by atoms with van der Waals surface area (Å²) in [5.74, 6) is 0.358. The molecule has 3 heterocycles. The average molecular weight is 453 g/mol. The second-order valence-corrected chi connectivity index (χ2v) is 9.68. The third kappa shape index (κ3) is 4.92. The van der Waals surface area contributed by atoms with Crippen LogP contribution in [0.1, 0.15) is 43.0 Å². The smallest absolute Gasteiger partial charge is 0.410 e. The maximum Gasteiger partial charge on any atom is 0.410 e. The maximum atomic E-state index is 13.8. The Morgan fingerprint density at radius 3 is 2.38 bits per heavy atom. The summed E-state index contributed by atoms with van der Waals surface area (Å²) >= 11 is 1.56. The predicted molar refractivity (Wildman–Crippen MR) is 124 cm³/mol. The zero-order valence-corrected chi connectivity index (χ0v) is 19.4. The fraction of sp³-hybridized carbons (Fsp3) is 0.375. The Morgan fingerprint density at radius 2 is 1.75 bits per heavy atom. The molecule has 0 unspecified atom stereocenters. The van der Waals surface area contributed by atoms with Crippen molar-refractivity contribution in [1.82, 2.24) is 19.4 Å². The molecule has 3 aromatic rings. The van der Waals surface area contributed by atoms with Gasteiger partial charge < -0.3 is 9.64 Å². The number of Topliss-reactive ketones (excluding diaryl/α,β-unsaturated/α-hetero) is 1. The van der Waals surface area contributed by atoms with Crippen LogP contribution < -0.4 is 0 Å². The van der Waals surface area contributed by atoms with Crippen LogP contribution >= 0.6 is 11.3 Å². The molecular weight excluding hydrogens is 424 g/mol. The van der Waals surface area contributed by atoms with Gasteiger partial charge in [0, 0.05) is 38.6 Å². The molecule has 0 aliphatic carbocycles. The van der Waals surface area contributed by atoms with E-state index in [1.54, 1.807) is 22.4 Å². The van der Waals surface area contributed by atoms with Gasteiger partial charge >= 0.3 is 6.09 Å². The molecule has 32 heavy (non-hydrogen) atoms. The van der Waals surface area contributed by atoms with Crippen molar-refractivity contribution in [2.24, 2.45) is 0 Å². The van der Waals surface area contributed by atoms with Crippen LogP contribution in [-0.4, -0.2) is 63.0 Å². The summed E-state index contributed by atoms with van der Waals surface area (Å²) in [4.78, 5) is 34.5. The molecule has 7 nitrogen and oxygen atoms in total. The highest BCUT2D eigenvalue weighted by molar-refractivity contribution is 7.12. The minimum atomic E-state index is -0.532. The van der Waals surface area contributed by atoms with Crippen molar-refractivity contribution in [3.8, 4) is 5.00 Å². The minimum Gasteiger partial charge on any atom is -0.444 e. The minimum absolute atomic E-state index is 0.0553. The van der Waals surface area contributed by atoms with E-state index >= 15 is 0 Å². The van der Waals surface area contributed by atoms with Gasteiger partial charge in [-0.05, 0) is 43.8 Å². The molecule has 0 bridgehead atoms. The Morgan fingerprint density at radius 1 is 1.03 bits per heavy atom. The van der Waals surface area contributed by atoms with Gasteiger partial charge in [-0.2, -0.15) is 0 Å². The van der Waals surface area contributed by atoms with Crippen LogP contribution in [0.15, 0.2) is 60.2 Å². The molecule has 0 spiro atoms. The van der Waals surface area contributed by atoms with E-state index in [2.05, 4.69) is 9.88 Å². The number of amides is 1. The van der Waals surface area contributed by atoms with Gasteiger partial charge in [0.15, 0.2) is 5.82 Å². The van der Waals surface area contributed by atoms with Crippen LogP contribution in [0.5, 0.6) is 0 Å². The summed E-state index contributed by atoms with van der Waals surface area (Å²) < 4.78 is 7.36. The van der Waals surface area contributed by atoms with Crippen molar-refractivity contribution in [2.45, 2.75) is 32.4 Å². The van der Waals surface area contributed by atoms with Gasteiger partial charge in [-0.25, -0.2) is 9.78 Å². The lowest BCUT2D eigenvalue weighted by atomic mass is 9.99. The SMILES string of the molecule is CC(C)(C)OC(=O)N1CCN([C@H](C(=O)c2nccn2-c2cccs2)c2ccccc2)CC1. The van der Waals surface area contributed by atoms with Crippen LogP contribution in [0, 0.1) is 0 Å². The summed E-state index contributed by atoms with van der Waals surface area (Å²) in [7, 11) is 0. The first kappa shape index (κ1) is 22.2. The number of aromatic nitrogens is 2. The maximum absolute atomic E-state index is 13.8. The van der Waals surface area contributed by atoms with Crippen molar-refractivity contribution in [3.05, 3.63) is 71.6 Å². The number of ketones is 1. The van der Waals surface area contributed by atoms with E-state index < -0.39 is 11.6 Å². The topological polar surface area (TPSA) is 67.7 Å². The van der Waals surface area contributed by atoms with E-state index in [1.165, 1.54) is 0 Å². The fourth-order valence-corrected chi connectivity index (χ4v) is 4.56. The highest BCUT2D eigenvalue weighted by atomic mass is 32.1. The molecule has 2 aromatic heterocycles. The Bertz CT molecular complexity index is 1050. The molecule has 1 amide bonds. The first-order valence-corrected chi connectivity index (χ1v) is 11.6. The molecule has 1 aliphatic heterocycles. The highest BCUT2D eigenvalue weighted by Crippen LogP contribution is 2.28. The van der Waals surface area contributed by atoms with Gasteiger partial charge in [0.2, 0.25) is 5.78 Å². The van der Waals surface area contributed by atoms with Gasteiger partial charge in [-0.15, -0.1) is 11.3 Å². The molecule has 1 fully saturated rings. The third-order valence-corrected chi connectivity index (χ3v) is 6.17. The number of carbonyl (C=O) groups is 2. The number of hydrogen-bond donors (Lipinski definition) is 0. The van der Waals surface area contributed by atoms with Crippen molar-refractivity contribution < 1.29 is 14.3 Å². The largest absolute Gasteiger partial charge is 0.444 e. The molecular formula is C24H28N4O3S. The standard InChI is InChI=1S/C24H28N4O3S/c1-24(2,3)31-23(30)27-15-13-26(14-16-27)20(18-8-5-4-6-9-18)21(29)22-25-11-12-28(22)19-10-7-17-32-19/h4-12,17,20H,13-16H2,1-3H3/t20-/m0/s1. The quantitative estimate of drug-likeness (QED) is 0.537. The van der Waals surface area contributed by atoms with Crippen molar-refractivity contribution in [1.29, 1.82) is 0 Å². The van der Waals surface area contributed by atoms with E-state index in [0.717, 1.165) is 10.6 Å². The van der Waals surface area contributed by atoms with Gasteiger partial charge in [-0.1, -0.05) is 30.3 Å². The van der Waals surface area contributed by atoms with Gasteiger partial charge in [0.1, 0.15) is 16.6 Å². The number of piperazine rings is 1. The number of ether oxygens (including phenoxy) is 1. The van der Waals surface area contributed by atoms with E-state index in [9.17, 15) is 9.59 Å². The molecule has 0 radical (unpaired) electrons. The van der Waals surface area contributed by atoms with Gasteiger partial charge in [0.05, 0.1) is 0 Å². The molecule has 1 saturated heterocycles. The highest BCUT2D eigenvalue weighted by Gasteiger charge is 2.35. The predicted octanol–water partition coefficient (Wildman–Crippen LogP) is 4.41. The zero-order valence-electron chi connectivity index (χ0n) is 18.6. The lowest BCUT2D eigenvalue weighted by molar-refractivity contribution is 0.0108. The molecule has 168 valence electrons. The lowest BCUT2D eigenvalue weighted by Crippen LogP contribution is -2.52. The van der Waals surface area contributed by atoms with Crippen LogP contribution in [0.25, 0.3) is 5.00 Å². The number of thiophene rings is 1. The molecule has 4 rings (SSSR count). The van der Waals surface area contributed by atoms with Crippen LogP contribution in [0.4, 0.5) is 4.79 Å². The Labute approximate surface area is 192 Å². The number of rotatable bonds is 5. The molecule has 1 aliphatic rings. The molecule has 0 N–H and O–H groups in total. The number of imidazole rings is 1. The summed E-state index contributed by atoms with van der Waals surface area (Å²) in [5, 5.41) is 2.93. The lowest BCUT2D eigenvalue weighted by Gasteiger charge is -2.39. The van der Waals surface area contributed by atoms with E-state index in [1.807, 2.05) is 79.4 Å². The average Bonchev–Trinajstić information content (AvgIpc) is 3.45. The number of hydrogen-bond acceptors (Lipinski definition) is 6. The first-order valence-electron chi connectivity index (χ1n) is 10.7. The number of carbonyl (C=O) groups excluding carboxylic acids is 2.